The molecule has 0 spiro atoms. The molecule has 6 nitrogen and oxygen atoms in total. The van der Waals surface area contributed by atoms with E-state index in [4.69, 9.17) is 9.84 Å². The number of carbonyl (C=O) groups is 2. The minimum Gasteiger partial charge on any atom is -0.481 e. The van der Waals surface area contributed by atoms with Gasteiger partial charge in [-0.25, -0.2) is 4.79 Å². The SMILES string of the molecule is O=C(O)CC1CC2CCC(C1)N2CC1CNC(=O)O1. The monoisotopic (exact) mass is 268 g/mol. The Balaban J connectivity index is 1.57. The van der Waals surface area contributed by atoms with Crippen molar-refractivity contribution in [2.45, 2.75) is 50.3 Å². The molecule has 3 aliphatic rings. The number of aliphatic carboxylic acids is 1. The fourth-order valence-corrected chi connectivity index (χ4v) is 3.87. The molecule has 0 aromatic carbocycles. The van der Waals surface area contributed by atoms with E-state index in [0.717, 1.165) is 32.2 Å². The molecular formula is C13H20N2O4. The van der Waals surface area contributed by atoms with Crippen LogP contribution >= 0.6 is 0 Å². The van der Waals surface area contributed by atoms with Crippen molar-refractivity contribution in [3.8, 4) is 0 Å². The second kappa shape index (κ2) is 5.00. The lowest BCUT2D eigenvalue weighted by Crippen LogP contribution is -2.47. The first-order valence-corrected chi connectivity index (χ1v) is 7.04. The molecule has 2 N–H and O–H groups in total. The molecule has 19 heavy (non-hydrogen) atoms. The predicted molar refractivity (Wildman–Crippen MR) is 66.8 cm³/mol. The van der Waals surface area contributed by atoms with E-state index in [2.05, 4.69) is 10.2 Å². The number of rotatable bonds is 4. The van der Waals surface area contributed by atoms with Gasteiger partial charge in [0.25, 0.3) is 0 Å². The number of alkyl carbamates (subject to hydrolysis) is 1. The zero-order valence-electron chi connectivity index (χ0n) is 10.9. The summed E-state index contributed by atoms with van der Waals surface area (Å²) in [6.07, 6.45) is 4.16. The molecule has 0 aromatic rings. The number of fused-ring (bicyclic) bond motifs is 2. The summed E-state index contributed by atoms with van der Waals surface area (Å²) < 4.78 is 5.19. The smallest absolute Gasteiger partial charge is 0.407 e. The van der Waals surface area contributed by atoms with Crippen LogP contribution in [-0.4, -0.2) is 53.3 Å². The standard InChI is InChI=1S/C13H20N2O4/c16-12(17)5-8-3-9-1-2-10(4-8)15(9)7-11-6-14-13(18)19-11/h8-11H,1-7H2,(H,14,18)(H,16,17). The zero-order chi connectivity index (χ0) is 13.4. The Labute approximate surface area is 112 Å². The molecule has 106 valence electrons. The first-order chi connectivity index (χ1) is 9.11. The molecule has 3 rings (SSSR count). The third-order valence-corrected chi connectivity index (χ3v) is 4.61. The lowest BCUT2D eigenvalue weighted by atomic mass is 9.88. The van der Waals surface area contributed by atoms with E-state index < -0.39 is 5.97 Å². The second-order valence-corrected chi connectivity index (χ2v) is 5.93. The zero-order valence-corrected chi connectivity index (χ0v) is 10.9. The van der Waals surface area contributed by atoms with E-state index in [1.54, 1.807) is 0 Å². The summed E-state index contributed by atoms with van der Waals surface area (Å²) in [5, 5.41) is 11.6. The van der Waals surface area contributed by atoms with Gasteiger partial charge in [0, 0.05) is 25.0 Å². The van der Waals surface area contributed by atoms with E-state index >= 15 is 0 Å². The van der Waals surface area contributed by atoms with E-state index in [1.165, 1.54) is 0 Å². The van der Waals surface area contributed by atoms with Crippen molar-refractivity contribution in [1.82, 2.24) is 10.2 Å². The van der Waals surface area contributed by atoms with Gasteiger partial charge in [0.1, 0.15) is 6.10 Å². The highest BCUT2D eigenvalue weighted by Gasteiger charge is 2.42. The quantitative estimate of drug-likeness (QED) is 0.789. The van der Waals surface area contributed by atoms with Crippen LogP contribution in [0.2, 0.25) is 0 Å². The number of cyclic esters (lactones) is 1. The number of amides is 1. The molecule has 3 aliphatic heterocycles. The molecule has 0 aliphatic carbocycles. The minimum absolute atomic E-state index is 0.0494. The molecule has 3 heterocycles. The van der Waals surface area contributed by atoms with Crippen molar-refractivity contribution in [3.05, 3.63) is 0 Å². The van der Waals surface area contributed by atoms with Crippen LogP contribution in [0, 0.1) is 5.92 Å². The number of piperidine rings is 1. The van der Waals surface area contributed by atoms with Gasteiger partial charge in [-0.3, -0.25) is 9.69 Å². The van der Waals surface area contributed by atoms with E-state index in [-0.39, 0.29) is 12.2 Å². The highest BCUT2D eigenvalue weighted by molar-refractivity contribution is 5.69. The van der Waals surface area contributed by atoms with Gasteiger partial charge in [-0.05, 0) is 31.6 Å². The average molecular weight is 268 g/mol. The van der Waals surface area contributed by atoms with Crippen molar-refractivity contribution in [2.75, 3.05) is 13.1 Å². The summed E-state index contributed by atoms with van der Waals surface area (Å²) in [4.78, 5) is 24.3. The molecule has 3 atom stereocenters. The Bertz CT molecular complexity index is 373. The third kappa shape index (κ3) is 2.68. The predicted octanol–water partition coefficient (Wildman–Crippen LogP) is 0.813. The summed E-state index contributed by atoms with van der Waals surface area (Å²) >= 11 is 0. The van der Waals surface area contributed by atoms with Gasteiger partial charge < -0.3 is 15.2 Å². The largest absolute Gasteiger partial charge is 0.481 e. The highest BCUT2D eigenvalue weighted by atomic mass is 16.6. The van der Waals surface area contributed by atoms with Gasteiger partial charge in [0.05, 0.1) is 6.54 Å². The van der Waals surface area contributed by atoms with E-state index in [1.807, 2.05) is 0 Å². The first-order valence-electron chi connectivity index (χ1n) is 7.04. The Morgan fingerprint density at radius 1 is 1.37 bits per heavy atom. The van der Waals surface area contributed by atoms with Gasteiger partial charge in [0.2, 0.25) is 0 Å². The third-order valence-electron chi connectivity index (χ3n) is 4.61. The number of hydrogen-bond donors (Lipinski definition) is 2. The Kier molecular flexibility index (Phi) is 3.35. The molecule has 6 heteroatoms. The molecular weight excluding hydrogens is 248 g/mol. The summed E-state index contributed by atoms with van der Waals surface area (Å²) in [7, 11) is 0. The topological polar surface area (TPSA) is 78.9 Å². The molecule has 0 aromatic heterocycles. The van der Waals surface area contributed by atoms with E-state index in [0.29, 0.717) is 31.0 Å². The fraction of sp³-hybridized carbons (Fsp3) is 0.846. The number of carboxylic acid groups (broad SMARTS) is 1. The molecule has 3 saturated heterocycles. The number of carbonyl (C=O) groups excluding carboxylic acids is 1. The maximum atomic E-state index is 11.0. The van der Waals surface area contributed by atoms with Crippen LogP contribution < -0.4 is 5.32 Å². The van der Waals surface area contributed by atoms with Crippen molar-refractivity contribution in [1.29, 1.82) is 0 Å². The lowest BCUT2D eigenvalue weighted by Gasteiger charge is -2.39. The van der Waals surface area contributed by atoms with Gasteiger partial charge >= 0.3 is 12.1 Å². The number of carboxylic acids is 1. The van der Waals surface area contributed by atoms with Crippen LogP contribution in [-0.2, 0) is 9.53 Å². The van der Waals surface area contributed by atoms with Crippen LogP contribution in [0.3, 0.4) is 0 Å². The molecule has 0 saturated carbocycles. The summed E-state index contributed by atoms with van der Waals surface area (Å²) in [5.74, 6) is -0.373. The van der Waals surface area contributed by atoms with Crippen molar-refractivity contribution >= 4 is 12.1 Å². The van der Waals surface area contributed by atoms with E-state index in [9.17, 15) is 9.59 Å². The minimum atomic E-state index is -0.688. The summed E-state index contributed by atoms with van der Waals surface area (Å²) in [6, 6.07) is 0.949. The second-order valence-electron chi connectivity index (χ2n) is 5.93. The van der Waals surface area contributed by atoms with Crippen LogP contribution in [0.5, 0.6) is 0 Å². The molecule has 3 fully saturated rings. The number of nitrogens with zero attached hydrogens (tertiary/aromatic N) is 1. The van der Waals surface area contributed by atoms with Crippen LogP contribution in [0.25, 0.3) is 0 Å². The van der Waals surface area contributed by atoms with Gasteiger partial charge in [0.15, 0.2) is 0 Å². The summed E-state index contributed by atoms with van der Waals surface area (Å²) in [5.41, 5.74) is 0. The van der Waals surface area contributed by atoms with Crippen LogP contribution in [0.4, 0.5) is 4.79 Å². The lowest BCUT2D eigenvalue weighted by molar-refractivity contribution is -0.138. The van der Waals surface area contributed by atoms with Crippen molar-refractivity contribution < 1.29 is 19.4 Å². The maximum absolute atomic E-state index is 11.0. The number of ether oxygens (including phenoxy) is 1. The Hall–Kier alpha value is -1.30. The first kappa shape index (κ1) is 12.7. The Morgan fingerprint density at radius 2 is 2.05 bits per heavy atom. The van der Waals surface area contributed by atoms with Gasteiger partial charge in [-0.1, -0.05) is 0 Å². The van der Waals surface area contributed by atoms with Gasteiger partial charge in [-0.15, -0.1) is 0 Å². The maximum Gasteiger partial charge on any atom is 0.407 e. The van der Waals surface area contributed by atoms with Crippen LogP contribution in [0.15, 0.2) is 0 Å². The normalized spacial score (nSPS) is 38.0. The Morgan fingerprint density at radius 3 is 2.58 bits per heavy atom. The average Bonchev–Trinajstić information content (AvgIpc) is 2.82. The molecule has 3 unspecified atom stereocenters. The van der Waals surface area contributed by atoms with Gasteiger partial charge in [-0.2, -0.15) is 0 Å². The fourth-order valence-electron chi connectivity index (χ4n) is 3.87. The number of nitrogens with one attached hydrogen (secondary N) is 1. The summed E-state index contributed by atoms with van der Waals surface area (Å²) in [6.45, 7) is 1.38. The van der Waals surface area contributed by atoms with Crippen molar-refractivity contribution in [2.24, 2.45) is 5.92 Å². The molecule has 1 amide bonds. The molecule has 0 radical (unpaired) electrons. The van der Waals surface area contributed by atoms with Crippen molar-refractivity contribution in [3.63, 3.8) is 0 Å². The highest BCUT2D eigenvalue weighted by Crippen LogP contribution is 2.40. The number of hydrogen-bond acceptors (Lipinski definition) is 4. The van der Waals surface area contributed by atoms with Crippen LogP contribution in [0.1, 0.15) is 32.1 Å². The molecule has 2 bridgehead atoms.